The maximum Gasteiger partial charge on any atom is 0.335 e. The molecule has 2 N–H and O–H groups in total. The van der Waals surface area contributed by atoms with Crippen molar-refractivity contribution in [1.82, 2.24) is 0 Å². The van der Waals surface area contributed by atoms with Crippen LogP contribution in [-0.2, 0) is 10.0 Å². The monoisotopic (exact) mass is 333 g/mol. The second-order valence-electron chi connectivity index (χ2n) is 5.66. The summed E-state index contributed by atoms with van der Waals surface area (Å²) in [5.41, 5.74) is 1.99. The van der Waals surface area contributed by atoms with Gasteiger partial charge in [-0.3, -0.25) is 4.72 Å². The Morgan fingerprint density at radius 2 is 1.70 bits per heavy atom. The van der Waals surface area contributed by atoms with Crippen molar-refractivity contribution in [3.8, 4) is 0 Å². The highest BCUT2D eigenvalue weighted by Crippen LogP contribution is 2.23. The number of carboxylic acids is 1. The largest absolute Gasteiger partial charge is 0.478 e. The molecule has 6 heteroatoms. The average molecular weight is 333 g/mol. The van der Waals surface area contributed by atoms with E-state index in [2.05, 4.69) is 4.72 Å². The number of rotatable bonds is 5. The first-order chi connectivity index (χ1) is 10.7. The molecule has 0 unspecified atom stereocenters. The molecule has 0 saturated heterocycles. The van der Waals surface area contributed by atoms with Gasteiger partial charge >= 0.3 is 5.97 Å². The van der Waals surface area contributed by atoms with Gasteiger partial charge in [0.05, 0.1) is 16.1 Å². The lowest BCUT2D eigenvalue weighted by Crippen LogP contribution is -2.14. The van der Waals surface area contributed by atoms with E-state index < -0.39 is 16.0 Å². The minimum atomic E-state index is -3.76. The van der Waals surface area contributed by atoms with Crippen LogP contribution in [0.2, 0.25) is 0 Å². The summed E-state index contributed by atoms with van der Waals surface area (Å²) < 4.78 is 27.4. The van der Waals surface area contributed by atoms with Crippen LogP contribution in [-0.4, -0.2) is 19.5 Å². The number of aryl methyl sites for hydroxylation is 1. The first-order valence-electron chi connectivity index (χ1n) is 7.17. The number of hydrogen-bond acceptors (Lipinski definition) is 3. The molecule has 122 valence electrons. The van der Waals surface area contributed by atoms with Gasteiger partial charge in [-0.05, 0) is 48.2 Å². The zero-order chi connectivity index (χ0) is 17.2. The fourth-order valence-corrected chi connectivity index (χ4v) is 3.22. The maximum atomic E-state index is 12.5. The quantitative estimate of drug-likeness (QED) is 0.875. The number of carbonyl (C=O) groups is 1. The van der Waals surface area contributed by atoms with Crippen LogP contribution in [0.5, 0.6) is 0 Å². The third-order valence-corrected chi connectivity index (χ3v) is 4.97. The van der Waals surface area contributed by atoms with Gasteiger partial charge < -0.3 is 5.11 Å². The SMILES string of the molecule is Cc1ccc(C(=O)O)cc1NS(=O)(=O)c1ccc(C(C)C)cc1. The number of hydrogen-bond donors (Lipinski definition) is 2. The van der Waals surface area contributed by atoms with E-state index in [-0.39, 0.29) is 16.1 Å². The van der Waals surface area contributed by atoms with Crippen LogP contribution in [0.15, 0.2) is 47.4 Å². The van der Waals surface area contributed by atoms with Gasteiger partial charge in [0, 0.05) is 0 Å². The predicted octanol–water partition coefficient (Wildman–Crippen LogP) is 3.62. The minimum absolute atomic E-state index is 0.0310. The molecular weight excluding hydrogens is 314 g/mol. The second kappa shape index (κ2) is 6.42. The molecule has 2 rings (SSSR count). The van der Waals surface area contributed by atoms with Crippen molar-refractivity contribution in [2.45, 2.75) is 31.6 Å². The van der Waals surface area contributed by atoms with Crippen LogP contribution >= 0.6 is 0 Å². The number of benzene rings is 2. The molecule has 0 aliphatic rings. The zero-order valence-corrected chi connectivity index (χ0v) is 14.0. The Hall–Kier alpha value is -2.34. The van der Waals surface area contributed by atoms with E-state index in [4.69, 9.17) is 5.11 Å². The van der Waals surface area contributed by atoms with E-state index in [0.29, 0.717) is 11.5 Å². The molecule has 0 amide bonds. The summed E-state index contributed by atoms with van der Waals surface area (Å²) in [5.74, 6) is -0.791. The molecule has 0 aromatic heterocycles. The number of aromatic carboxylic acids is 1. The van der Waals surface area contributed by atoms with Crippen LogP contribution in [0, 0.1) is 6.92 Å². The molecule has 2 aromatic carbocycles. The first-order valence-corrected chi connectivity index (χ1v) is 8.66. The molecule has 0 aliphatic carbocycles. The van der Waals surface area contributed by atoms with Crippen LogP contribution in [0.3, 0.4) is 0 Å². The fraction of sp³-hybridized carbons (Fsp3) is 0.235. The van der Waals surface area contributed by atoms with Gasteiger partial charge in [-0.15, -0.1) is 0 Å². The molecule has 0 saturated carbocycles. The number of anilines is 1. The molecule has 5 nitrogen and oxygen atoms in total. The first kappa shape index (κ1) is 17.0. The predicted molar refractivity (Wildman–Crippen MR) is 89.5 cm³/mol. The lowest BCUT2D eigenvalue weighted by atomic mass is 10.0. The zero-order valence-electron chi connectivity index (χ0n) is 13.2. The minimum Gasteiger partial charge on any atom is -0.478 e. The van der Waals surface area contributed by atoms with Gasteiger partial charge in [0.25, 0.3) is 10.0 Å². The Balaban J connectivity index is 2.34. The summed E-state index contributed by atoms with van der Waals surface area (Å²) in [7, 11) is -3.76. The van der Waals surface area contributed by atoms with E-state index in [1.165, 1.54) is 12.1 Å². The molecule has 23 heavy (non-hydrogen) atoms. The van der Waals surface area contributed by atoms with Crippen molar-refractivity contribution in [3.05, 3.63) is 59.2 Å². The van der Waals surface area contributed by atoms with Gasteiger partial charge in [-0.1, -0.05) is 32.0 Å². The lowest BCUT2D eigenvalue weighted by Gasteiger charge is -2.12. The van der Waals surface area contributed by atoms with Crippen LogP contribution < -0.4 is 4.72 Å². The summed E-state index contributed by atoms with van der Waals surface area (Å²) in [6.07, 6.45) is 0. The topological polar surface area (TPSA) is 83.5 Å². The highest BCUT2D eigenvalue weighted by Gasteiger charge is 2.16. The summed E-state index contributed by atoms with van der Waals surface area (Å²) in [4.78, 5) is 11.2. The van der Waals surface area contributed by atoms with E-state index >= 15 is 0 Å². The fourth-order valence-electron chi connectivity index (χ4n) is 2.10. The molecule has 0 heterocycles. The number of nitrogens with one attached hydrogen (secondary N) is 1. The molecule has 0 radical (unpaired) electrons. The van der Waals surface area contributed by atoms with E-state index in [1.807, 2.05) is 13.8 Å². The van der Waals surface area contributed by atoms with Crippen LogP contribution in [0.25, 0.3) is 0 Å². The Kier molecular flexibility index (Phi) is 4.75. The summed E-state index contributed by atoms with van der Waals surface area (Å²) in [6.45, 7) is 5.77. The van der Waals surface area contributed by atoms with Crippen LogP contribution in [0.1, 0.15) is 41.3 Å². The van der Waals surface area contributed by atoms with Gasteiger partial charge in [0.15, 0.2) is 0 Å². The standard InChI is InChI=1S/C17H19NO4S/c1-11(2)13-6-8-15(9-7-13)23(21,22)18-16-10-14(17(19)20)5-4-12(16)3/h4-11,18H,1-3H3,(H,19,20). The Labute approximate surface area is 136 Å². The van der Waals surface area contributed by atoms with Crippen LogP contribution in [0.4, 0.5) is 5.69 Å². The van der Waals surface area contributed by atoms with Gasteiger partial charge in [0.1, 0.15) is 0 Å². The average Bonchev–Trinajstić information content (AvgIpc) is 2.49. The molecule has 2 aromatic rings. The third kappa shape index (κ3) is 3.90. The lowest BCUT2D eigenvalue weighted by molar-refractivity contribution is 0.0697. The molecule has 0 fully saturated rings. The third-order valence-electron chi connectivity index (χ3n) is 3.59. The van der Waals surface area contributed by atoms with Crippen molar-refractivity contribution in [1.29, 1.82) is 0 Å². The van der Waals surface area contributed by atoms with Crippen molar-refractivity contribution >= 4 is 21.7 Å². The molecule has 0 aliphatic heterocycles. The molecular formula is C17H19NO4S. The van der Waals surface area contributed by atoms with Gasteiger partial charge in [-0.25, -0.2) is 13.2 Å². The number of carboxylic acid groups (broad SMARTS) is 1. The van der Waals surface area contributed by atoms with E-state index in [9.17, 15) is 13.2 Å². The van der Waals surface area contributed by atoms with Gasteiger partial charge in [-0.2, -0.15) is 0 Å². The highest BCUT2D eigenvalue weighted by atomic mass is 32.2. The normalized spacial score (nSPS) is 11.5. The Bertz CT molecular complexity index is 824. The maximum absolute atomic E-state index is 12.5. The van der Waals surface area contributed by atoms with Crippen molar-refractivity contribution < 1.29 is 18.3 Å². The summed E-state index contributed by atoms with van der Waals surface area (Å²) >= 11 is 0. The van der Waals surface area contributed by atoms with Crippen molar-refractivity contribution in [2.24, 2.45) is 0 Å². The molecule has 0 bridgehead atoms. The summed E-state index contributed by atoms with van der Waals surface area (Å²) in [5, 5.41) is 9.02. The van der Waals surface area contributed by atoms with E-state index in [1.54, 1.807) is 37.3 Å². The Morgan fingerprint density at radius 1 is 1.09 bits per heavy atom. The van der Waals surface area contributed by atoms with Crippen molar-refractivity contribution in [2.75, 3.05) is 4.72 Å². The second-order valence-corrected chi connectivity index (χ2v) is 7.35. The van der Waals surface area contributed by atoms with E-state index in [0.717, 1.165) is 5.56 Å². The highest BCUT2D eigenvalue weighted by molar-refractivity contribution is 7.92. The number of sulfonamides is 1. The Morgan fingerprint density at radius 3 is 2.22 bits per heavy atom. The smallest absolute Gasteiger partial charge is 0.335 e. The molecule has 0 spiro atoms. The van der Waals surface area contributed by atoms with Gasteiger partial charge in [0.2, 0.25) is 0 Å². The van der Waals surface area contributed by atoms with Crippen molar-refractivity contribution in [3.63, 3.8) is 0 Å². The summed E-state index contributed by atoms with van der Waals surface area (Å²) in [6, 6.07) is 11.0. The molecule has 0 atom stereocenters.